The van der Waals surface area contributed by atoms with Gasteiger partial charge in [-0.3, -0.25) is 0 Å². The standard InChI is InChI=1S/C8H18Si/c1-3-8(4-2)6-5-7-9-8/h3-7,9H2,1-2H3. The van der Waals surface area contributed by atoms with Crippen LogP contribution in [0.3, 0.4) is 0 Å². The van der Waals surface area contributed by atoms with Crippen molar-refractivity contribution in [3.8, 4) is 0 Å². The van der Waals surface area contributed by atoms with Crippen molar-refractivity contribution in [3.63, 3.8) is 0 Å². The Kier molecular flexibility index (Phi) is 2.33. The average Bonchev–Trinajstić information content (AvgIpc) is 2.36. The molecule has 0 N–H and O–H groups in total. The van der Waals surface area contributed by atoms with E-state index in [2.05, 4.69) is 13.8 Å². The van der Waals surface area contributed by atoms with Gasteiger partial charge >= 0.3 is 0 Å². The van der Waals surface area contributed by atoms with Crippen molar-refractivity contribution in [2.75, 3.05) is 0 Å². The molecule has 0 aromatic heterocycles. The molecule has 1 heteroatoms. The molecule has 1 aliphatic heterocycles. The summed E-state index contributed by atoms with van der Waals surface area (Å²) < 4.78 is 0. The summed E-state index contributed by atoms with van der Waals surface area (Å²) in [6.45, 7) is 4.75. The molecule has 0 unspecified atom stereocenters. The second kappa shape index (κ2) is 2.87. The summed E-state index contributed by atoms with van der Waals surface area (Å²) >= 11 is 0. The fraction of sp³-hybridized carbons (Fsp3) is 1.00. The number of hydrogen-bond acceptors (Lipinski definition) is 0. The molecule has 0 aromatic carbocycles. The predicted molar refractivity (Wildman–Crippen MR) is 45.9 cm³/mol. The van der Waals surface area contributed by atoms with E-state index in [0.717, 1.165) is 5.04 Å². The van der Waals surface area contributed by atoms with Gasteiger partial charge in [0.2, 0.25) is 0 Å². The minimum Gasteiger partial charge on any atom is -0.0651 e. The van der Waals surface area contributed by atoms with Crippen LogP contribution in [-0.2, 0) is 0 Å². The molecular formula is C8H18Si. The fourth-order valence-electron chi connectivity index (χ4n) is 2.08. The van der Waals surface area contributed by atoms with E-state index in [0.29, 0.717) is 9.52 Å². The highest BCUT2D eigenvalue weighted by molar-refractivity contribution is 6.41. The maximum atomic E-state index is 2.38. The van der Waals surface area contributed by atoms with Gasteiger partial charge in [0.25, 0.3) is 0 Å². The first-order chi connectivity index (χ1) is 4.33. The Bertz CT molecular complexity index is 76.6. The van der Waals surface area contributed by atoms with Gasteiger partial charge in [0, 0.05) is 9.52 Å². The van der Waals surface area contributed by atoms with Crippen LogP contribution < -0.4 is 0 Å². The largest absolute Gasteiger partial charge is 0.0651 e. The van der Waals surface area contributed by atoms with Crippen LogP contribution >= 0.6 is 0 Å². The lowest BCUT2D eigenvalue weighted by atomic mass is 9.97. The van der Waals surface area contributed by atoms with Gasteiger partial charge in [-0.1, -0.05) is 45.6 Å². The Labute approximate surface area is 60.9 Å². The van der Waals surface area contributed by atoms with Gasteiger partial charge in [-0.15, -0.1) is 0 Å². The zero-order valence-corrected chi connectivity index (χ0v) is 8.16. The molecule has 0 aliphatic carbocycles. The molecule has 1 fully saturated rings. The molecule has 0 amide bonds. The third kappa shape index (κ3) is 1.37. The third-order valence-corrected chi connectivity index (χ3v) is 6.43. The van der Waals surface area contributed by atoms with Crippen molar-refractivity contribution >= 4 is 9.52 Å². The molecule has 0 saturated carbocycles. The summed E-state index contributed by atoms with van der Waals surface area (Å²) in [7, 11) is 0.350. The molecule has 0 spiro atoms. The summed E-state index contributed by atoms with van der Waals surface area (Å²) in [5, 5.41) is 0.917. The van der Waals surface area contributed by atoms with E-state index in [1.165, 1.54) is 12.8 Å². The molecule has 1 saturated heterocycles. The molecule has 1 heterocycles. The summed E-state index contributed by atoms with van der Waals surface area (Å²) in [6, 6.07) is 1.63. The molecule has 1 aliphatic rings. The minimum atomic E-state index is 0.350. The fourth-order valence-corrected chi connectivity index (χ4v) is 4.54. The Morgan fingerprint density at radius 2 is 2.00 bits per heavy atom. The minimum absolute atomic E-state index is 0.350. The molecule has 9 heavy (non-hydrogen) atoms. The first-order valence-electron chi connectivity index (χ1n) is 4.33. The van der Waals surface area contributed by atoms with Gasteiger partial charge in [-0.25, -0.2) is 0 Å². The second-order valence-corrected chi connectivity index (χ2v) is 6.12. The topological polar surface area (TPSA) is 0 Å². The average molecular weight is 142 g/mol. The van der Waals surface area contributed by atoms with Crippen molar-refractivity contribution in [2.24, 2.45) is 0 Å². The van der Waals surface area contributed by atoms with E-state index >= 15 is 0 Å². The quantitative estimate of drug-likeness (QED) is 0.519. The van der Waals surface area contributed by atoms with Gasteiger partial charge in [0.15, 0.2) is 0 Å². The van der Waals surface area contributed by atoms with Crippen LogP contribution in [0.5, 0.6) is 0 Å². The van der Waals surface area contributed by atoms with Gasteiger partial charge in [-0.05, 0) is 5.04 Å². The molecule has 0 nitrogen and oxygen atoms in total. The van der Waals surface area contributed by atoms with Crippen LogP contribution in [0.2, 0.25) is 11.1 Å². The molecule has 0 atom stereocenters. The van der Waals surface area contributed by atoms with E-state index < -0.39 is 0 Å². The molecule has 1 rings (SSSR count). The smallest absolute Gasteiger partial charge is 0.0270 e. The number of rotatable bonds is 2. The first-order valence-corrected chi connectivity index (χ1v) is 6.04. The summed E-state index contributed by atoms with van der Waals surface area (Å²) in [4.78, 5) is 0. The van der Waals surface area contributed by atoms with Crippen LogP contribution in [0.15, 0.2) is 0 Å². The lowest BCUT2D eigenvalue weighted by Gasteiger charge is -2.24. The Morgan fingerprint density at radius 3 is 2.22 bits per heavy atom. The maximum Gasteiger partial charge on any atom is 0.0270 e. The van der Waals surface area contributed by atoms with Gasteiger partial charge in [0.1, 0.15) is 0 Å². The van der Waals surface area contributed by atoms with Gasteiger partial charge < -0.3 is 0 Å². The molecule has 0 radical (unpaired) electrons. The lowest BCUT2D eigenvalue weighted by Crippen LogP contribution is -2.11. The van der Waals surface area contributed by atoms with Crippen LogP contribution in [0.25, 0.3) is 0 Å². The molecule has 0 bridgehead atoms. The van der Waals surface area contributed by atoms with Crippen molar-refractivity contribution in [3.05, 3.63) is 0 Å². The van der Waals surface area contributed by atoms with Crippen LogP contribution in [0, 0.1) is 0 Å². The zero-order chi connectivity index (χ0) is 6.74. The van der Waals surface area contributed by atoms with Crippen molar-refractivity contribution in [2.45, 2.75) is 50.6 Å². The van der Waals surface area contributed by atoms with E-state index in [-0.39, 0.29) is 0 Å². The van der Waals surface area contributed by atoms with Gasteiger partial charge in [-0.2, -0.15) is 0 Å². The van der Waals surface area contributed by atoms with E-state index in [1.54, 1.807) is 18.9 Å². The summed E-state index contributed by atoms with van der Waals surface area (Å²) in [6.07, 6.45) is 6.05. The zero-order valence-electron chi connectivity index (χ0n) is 6.74. The van der Waals surface area contributed by atoms with E-state index in [9.17, 15) is 0 Å². The second-order valence-electron chi connectivity index (χ2n) is 3.41. The van der Waals surface area contributed by atoms with E-state index in [4.69, 9.17) is 0 Å². The van der Waals surface area contributed by atoms with Crippen LogP contribution in [0.4, 0.5) is 0 Å². The highest BCUT2D eigenvalue weighted by atomic mass is 28.2. The highest BCUT2D eigenvalue weighted by Crippen LogP contribution is 2.44. The maximum absolute atomic E-state index is 2.38. The Balaban J connectivity index is 2.45. The van der Waals surface area contributed by atoms with Crippen molar-refractivity contribution in [1.82, 2.24) is 0 Å². The number of hydrogen-bond donors (Lipinski definition) is 0. The van der Waals surface area contributed by atoms with E-state index in [1.807, 2.05) is 0 Å². The molecular weight excluding hydrogens is 124 g/mol. The van der Waals surface area contributed by atoms with Crippen molar-refractivity contribution < 1.29 is 0 Å². The van der Waals surface area contributed by atoms with Crippen LogP contribution in [0.1, 0.15) is 39.5 Å². The summed E-state index contributed by atoms with van der Waals surface area (Å²) in [5.74, 6) is 0. The SMILES string of the molecule is CCC1(CC)CCC[SiH2]1. The lowest BCUT2D eigenvalue weighted by molar-refractivity contribution is 0.498. The first kappa shape index (κ1) is 7.33. The predicted octanol–water partition coefficient (Wildman–Crippen LogP) is 2.35. The third-order valence-electron chi connectivity index (χ3n) is 3.16. The van der Waals surface area contributed by atoms with Crippen LogP contribution in [-0.4, -0.2) is 9.52 Å². The molecule has 54 valence electrons. The summed E-state index contributed by atoms with van der Waals surface area (Å²) in [5.41, 5.74) is 0. The van der Waals surface area contributed by atoms with Crippen molar-refractivity contribution in [1.29, 1.82) is 0 Å². The van der Waals surface area contributed by atoms with Gasteiger partial charge in [0.05, 0.1) is 0 Å². The molecule has 0 aromatic rings. The monoisotopic (exact) mass is 142 g/mol. The normalized spacial score (nSPS) is 27.3. The Morgan fingerprint density at radius 1 is 1.33 bits per heavy atom. The highest BCUT2D eigenvalue weighted by Gasteiger charge is 2.29. The Hall–Kier alpha value is 0.217.